The fourth-order valence-corrected chi connectivity index (χ4v) is 5.95. The number of thiophene rings is 1. The molecular formula is C22H20BrN3OS2. The monoisotopic (exact) mass is 485 g/mol. The minimum atomic E-state index is 0.628. The van der Waals surface area contributed by atoms with Crippen molar-refractivity contribution in [3.63, 3.8) is 0 Å². The molecule has 5 rings (SSSR count). The normalized spacial score (nSPS) is 13.6. The number of nitrogens with one attached hydrogen (secondary N) is 1. The minimum Gasteiger partial charge on any atom is -0.467 e. The van der Waals surface area contributed by atoms with Crippen LogP contribution in [-0.4, -0.2) is 9.97 Å². The first-order valence-electron chi connectivity index (χ1n) is 9.72. The summed E-state index contributed by atoms with van der Waals surface area (Å²) in [6, 6.07) is 12.3. The first kappa shape index (κ1) is 19.2. The van der Waals surface area contributed by atoms with E-state index in [2.05, 4.69) is 45.5 Å². The van der Waals surface area contributed by atoms with Crippen molar-refractivity contribution in [1.82, 2.24) is 9.97 Å². The molecule has 7 heteroatoms. The van der Waals surface area contributed by atoms with Crippen molar-refractivity contribution < 1.29 is 4.42 Å². The van der Waals surface area contributed by atoms with Gasteiger partial charge < -0.3 is 9.73 Å². The molecular weight excluding hydrogens is 466 g/mol. The van der Waals surface area contributed by atoms with Gasteiger partial charge >= 0.3 is 0 Å². The zero-order valence-corrected chi connectivity index (χ0v) is 19.0. The Balaban J connectivity index is 1.46. The number of hydrogen-bond acceptors (Lipinski definition) is 6. The van der Waals surface area contributed by atoms with Crippen LogP contribution in [0.3, 0.4) is 0 Å². The van der Waals surface area contributed by atoms with E-state index in [-0.39, 0.29) is 0 Å². The number of aromatic nitrogens is 2. The molecule has 0 bridgehead atoms. The third-order valence-electron chi connectivity index (χ3n) is 5.05. The molecule has 0 spiro atoms. The highest BCUT2D eigenvalue weighted by atomic mass is 79.9. The number of thioether (sulfide) groups is 1. The Morgan fingerprint density at radius 1 is 1.10 bits per heavy atom. The van der Waals surface area contributed by atoms with Crippen LogP contribution in [-0.2, 0) is 25.1 Å². The summed E-state index contributed by atoms with van der Waals surface area (Å²) in [4.78, 5) is 13.7. The van der Waals surface area contributed by atoms with Gasteiger partial charge in [0.25, 0.3) is 0 Å². The van der Waals surface area contributed by atoms with Gasteiger partial charge in [0.05, 0.1) is 23.9 Å². The van der Waals surface area contributed by atoms with Crippen molar-refractivity contribution in [3.05, 3.63) is 69.2 Å². The van der Waals surface area contributed by atoms with E-state index in [0.717, 1.165) is 45.3 Å². The smallest absolute Gasteiger partial charge is 0.142 e. The number of aryl methyl sites for hydroxylation is 2. The Morgan fingerprint density at radius 3 is 2.79 bits per heavy atom. The van der Waals surface area contributed by atoms with Gasteiger partial charge in [-0.2, -0.15) is 0 Å². The molecule has 1 aromatic carbocycles. The average Bonchev–Trinajstić information content (AvgIpc) is 3.39. The highest BCUT2D eigenvalue weighted by molar-refractivity contribution is 9.10. The number of nitrogens with zero attached hydrogens (tertiary/aromatic N) is 2. The lowest BCUT2D eigenvalue weighted by atomic mass is 9.97. The van der Waals surface area contributed by atoms with E-state index in [1.54, 1.807) is 18.0 Å². The second kappa shape index (κ2) is 8.50. The summed E-state index contributed by atoms with van der Waals surface area (Å²) < 4.78 is 6.59. The average molecular weight is 486 g/mol. The Bertz CT molecular complexity index is 1120. The summed E-state index contributed by atoms with van der Waals surface area (Å²) in [5.41, 5.74) is 1.45. The summed E-state index contributed by atoms with van der Waals surface area (Å²) in [5, 5.41) is 4.74. The van der Waals surface area contributed by atoms with Crippen molar-refractivity contribution >= 4 is 55.1 Å². The highest BCUT2D eigenvalue weighted by Crippen LogP contribution is 2.39. The Morgan fingerprint density at radius 2 is 1.97 bits per heavy atom. The third-order valence-corrected chi connectivity index (χ3v) is 7.78. The fourth-order valence-electron chi connectivity index (χ4n) is 3.66. The summed E-state index contributed by atoms with van der Waals surface area (Å²) in [6.45, 7) is 0.628. The molecule has 0 atom stereocenters. The van der Waals surface area contributed by atoms with Crippen LogP contribution in [0.1, 0.15) is 34.9 Å². The first-order valence-corrected chi connectivity index (χ1v) is 12.3. The van der Waals surface area contributed by atoms with Crippen molar-refractivity contribution in [1.29, 1.82) is 0 Å². The van der Waals surface area contributed by atoms with E-state index < -0.39 is 0 Å². The van der Waals surface area contributed by atoms with Gasteiger partial charge in [0, 0.05) is 14.2 Å². The largest absolute Gasteiger partial charge is 0.467 e. The number of benzene rings is 1. The second-order valence-corrected chi connectivity index (χ2v) is 10.1. The predicted molar refractivity (Wildman–Crippen MR) is 124 cm³/mol. The van der Waals surface area contributed by atoms with Gasteiger partial charge in [-0.3, -0.25) is 0 Å². The van der Waals surface area contributed by atoms with Crippen LogP contribution in [0.15, 0.2) is 56.4 Å². The van der Waals surface area contributed by atoms with Crippen LogP contribution in [0.5, 0.6) is 0 Å². The Hall–Kier alpha value is -1.83. The lowest BCUT2D eigenvalue weighted by molar-refractivity contribution is 0.518. The summed E-state index contributed by atoms with van der Waals surface area (Å²) in [7, 11) is 0. The molecule has 4 nitrogen and oxygen atoms in total. The lowest BCUT2D eigenvalue weighted by Crippen LogP contribution is -2.06. The molecule has 1 aliphatic carbocycles. The molecule has 1 aliphatic rings. The summed E-state index contributed by atoms with van der Waals surface area (Å²) in [6.07, 6.45) is 6.52. The third kappa shape index (κ3) is 4.22. The molecule has 3 heterocycles. The van der Waals surface area contributed by atoms with Crippen LogP contribution < -0.4 is 5.32 Å². The zero-order chi connectivity index (χ0) is 19.6. The van der Waals surface area contributed by atoms with Crippen molar-refractivity contribution in [3.8, 4) is 0 Å². The number of furan rings is 1. The molecule has 1 N–H and O–H groups in total. The topological polar surface area (TPSA) is 51.0 Å². The number of rotatable bonds is 6. The molecule has 0 fully saturated rings. The molecule has 29 heavy (non-hydrogen) atoms. The van der Waals surface area contributed by atoms with Gasteiger partial charge in [-0.25, -0.2) is 9.97 Å². The quantitative estimate of drug-likeness (QED) is 0.303. The van der Waals surface area contributed by atoms with Gasteiger partial charge in [0.1, 0.15) is 22.2 Å². The second-order valence-electron chi connectivity index (χ2n) is 7.06. The number of fused-ring (bicyclic) bond motifs is 3. The van der Waals surface area contributed by atoms with E-state index in [1.165, 1.54) is 33.6 Å². The Labute approximate surface area is 186 Å². The molecule has 148 valence electrons. The van der Waals surface area contributed by atoms with E-state index in [1.807, 2.05) is 23.5 Å². The van der Waals surface area contributed by atoms with E-state index in [4.69, 9.17) is 14.4 Å². The maximum atomic E-state index is 5.50. The minimum absolute atomic E-state index is 0.628. The van der Waals surface area contributed by atoms with Crippen LogP contribution in [0.2, 0.25) is 0 Å². The van der Waals surface area contributed by atoms with Crippen LogP contribution >= 0.6 is 39.0 Å². The fraction of sp³-hybridized carbons (Fsp3) is 0.273. The maximum absolute atomic E-state index is 5.50. The molecule has 0 saturated carbocycles. The summed E-state index contributed by atoms with van der Waals surface area (Å²) in [5.74, 6) is 3.46. The van der Waals surface area contributed by atoms with Gasteiger partial charge in [0.15, 0.2) is 0 Å². The molecule has 4 aromatic rings. The number of anilines is 1. The summed E-state index contributed by atoms with van der Waals surface area (Å²) >= 11 is 7.10. The van der Waals surface area contributed by atoms with Crippen molar-refractivity contribution in [2.24, 2.45) is 0 Å². The SMILES string of the molecule is Brc1ccc(SCc2nc(NCc3ccco3)c3c4c(sc3n2)CCCC4)cc1. The first-order chi connectivity index (χ1) is 14.3. The lowest BCUT2D eigenvalue weighted by Gasteiger charge is -2.13. The maximum Gasteiger partial charge on any atom is 0.142 e. The molecule has 3 aromatic heterocycles. The predicted octanol–water partition coefficient (Wildman–Crippen LogP) is 6.83. The standard InChI is InChI=1S/C22H20BrN3OS2/c23-14-7-9-16(10-8-14)28-13-19-25-21(24-12-15-4-3-11-27-15)20-17-5-1-2-6-18(17)29-22(20)26-19/h3-4,7-11H,1-2,5-6,12-13H2,(H,24,25,26). The van der Waals surface area contributed by atoms with Crippen LogP contribution in [0.4, 0.5) is 5.82 Å². The molecule has 0 amide bonds. The van der Waals surface area contributed by atoms with Crippen molar-refractivity contribution in [2.75, 3.05) is 5.32 Å². The van der Waals surface area contributed by atoms with E-state index >= 15 is 0 Å². The van der Waals surface area contributed by atoms with Crippen LogP contribution in [0.25, 0.3) is 10.2 Å². The van der Waals surface area contributed by atoms with Crippen molar-refractivity contribution in [2.45, 2.75) is 42.9 Å². The highest BCUT2D eigenvalue weighted by Gasteiger charge is 2.21. The molecule has 0 aliphatic heterocycles. The van der Waals surface area contributed by atoms with Gasteiger partial charge in [-0.05, 0) is 67.6 Å². The molecule has 0 unspecified atom stereocenters. The molecule has 0 saturated heterocycles. The number of hydrogen-bond donors (Lipinski definition) is 1. The zero-order valence-electron chi connectivity index (χ0n) is 15.8. The van der Waals surface area contributed by atoms with Gasteiger partial charge in [-0.1, -0.05) is 15.9 Å². The molecule has 0 radical (unpaired) electrons. The van der Waals surface area contributed by atoms with Gasteiger partial charge in [0.2, 0.25) is 0 Å². The van der Waals surface area contributed by atoms with Crippen LogP contribution in [0, 0.1) is 0 Å². The van der Waals surface area contributed by atoms with Gasteiger partial charge in [-0.15, -0.1) is 23.1 Å². The van der Waals surface area contributed by atoms with E-state index in [0.29, 0.717) is 6.54 Å². The Kier molecular flexibility index (Phi) is 5.61. The number of halogens is 1. The van der Waals surface area contributed by atoms with E-state index in [9.17, 15) is 0 Å².